The number of amides is 1. The van der Waals surface area contributed by atoms with E-state index in [0.29, 0.717) is 12.0 Å². The molecule has 5 heteroatoms. The second kappa shape index (κ2) is 3.77. The fourth-order valence-corrected chi connectivity index (χ4v) is 1.37. The Morgan fingerprint density at radius 2 is 2.33 bits per heavy atom. The van der Waals surface area contributed by atoms with E-state index in [-0.39, 0.29) is 16.8 Å². The summed E-state index contributed by atoms with van der Waals surface area (Å²) in [5.74, 6) is -0.210. The van der Waals surface area contributed by atoms with Crippen LogP contribution in [-0.4, -0.2) is 22.4 Å². The van der Waals surface area contributed by atoms with Gasteiger partial charge in [0.25, 0.3) is 5.91 Å². The van der Waals surface area contributed by atoms with Crippen LogP contribution in [0.15, 0.2) is 12.4 Å². The minimum atomic E-state index is -0.210. The number of carbonyl (C=O) groups is 1. The summed E-state index contributed by atoms with van der Waals surface area (Å²) in [6.45, 7) is 2.84. The third-order valence-corrected chi connectivity index (χ3v) is 2.80. The van der Waals surface area contributed by atoms with Crippen molar-refractivity contribution in [3.05, 3.63) is 23.2 Å². The molecule has 1 saturated carbocycles. The highest BCUT2D eigenvalue weighted by molar-refractivity contribution is 6.29. The number of hydrogen-bond acceptors (Lipinski definition) is 3. The quantitative estimate of drug-likeness (QED) is 0.851. The monoisotopic (exact) mass is 225 g/mol. The van der Waals surface area contributed by atoms with Crippen molar-refractivity contribution in [1.82, 2.24) is 15.3 Å². The molecule has 1 heterocycles. The van der Waals surface area contributed by atoms with Gasteiger partial charge in [0.05, 0.1) is 12.4 Å². The average molecular weight is 226 g/mol. The molecular weight excluding hydrogens is 214 g/mol. The molecule has 0 spiro atoms. The first-order chi connectivity index (χ1) is 7.09. The topological polar surface area (TPSA) is 54.9 Å². The van der Waals surface area contributed by atoms with E-state index in [4.69, 9.17) is 11.6 Å². The fourth-order valence-electron chi connectivity index (χ4n) is 1.23. The minimum Gasteiger partial charge on any atom is -0.350 e. The molecule has 0 atom stereocenters. The Kier molecular flexibility index (Phi) is 2.61. The second-order valence-electron chi connectivity index (χ2n) is 4.22. The van der Waals surface area contributed by atoms with E-state index in [9.17, 15) is 4.79 Å². The predicted molar refractivity (Wildman–Crippen MR) is 56.7 cm³/mol. The molecule has 1 aromatic rings. The zero-order valence-electron chi connectivity index (χ0n) is 8.46. The Morgan fingerprint density at radius 1 is 1.60 bits per heavy atom. The van der Waals surface area contributed by atoms with Gasteiger partial charge in [-0.25, -0.2) is 4.98 Å². The van der Waals surface area contributed by atoms with E-state index >= 15 is 0 Å². The molecule has 1 aromatic heterocycles. The lowest BCUT2D eigenvalue weighted by atomic mass is 10.1. The maximum Gasteiger partial charge on any atom is 0.271 e. The normalized spacial score (nSPS) is 17.2. The maximum atomic E-state index is 11.6. The molecule has 1 fully saturated rings. The number of nitrogens with one attached hydrogen (secondary N) is 1. The standard InChI is InChI=1S/C10H12ClN3O/c1-10(2-3-10)6-13-9(15)7-4-12-5-8(11)14-7/h4-5H,2-3,6H2,1H3,(H,13,15). The Bertz CT molecular complexity index is 390. The van der Waals surface area contributed by atoms with Crippen LogP contribution in [0.1, 0.15) is 30.3 Å². The van der Waals surface area contributed by atoms with Crippen LogP contribution in [0.3, 0.4) is 0 Å². The highest BCUT2D eigenvalue weighted by Crippen LogP contribution is 2.44. The third-order valence-electron chi connectivity index (χ3n) is 2.62. The Hall–Kier alpha value is -1.16. The third kappa shape index (κ3) is 2.65. The highest BCUT2D eigenvalue weighted by Gasteiger charge is 2.37. The SMILES string of the molecule is CC1(CNC(=O)c2cncc(Cl)n2)CC1. The summed E-state index contributed by atoms with van der Waals surface area (Å²) in [7, 11) is 0. The Balaban J connectivity index is 1.95. The summed E-state index contributed by atoms with van der Waals surface area (Å²) in [6, 6.07) is 0. The summed E-state index contributed by atoms with van der Waals surface area (Å²) in [5.41, 5.74) is 0.563. The zero-order chi connectivity index (χ0) is 10.9. The summed E-state index contributed by atoms with van der Waals surface area (Å²) in [5, 5.41) is 3.06. The fraction of sp³-hybridized carbons (Fsp3) is 0.500. The average Bonchev–Trinajstić information content (AvgIpc) is 2.94. The van der Waals surface area contributed by atoms with Gasteiger partial charge in [-0.1, -0.05) is 18.5 Å². The molecule has 1 aliphatic rings. The molecule has 0 bridgehead atoms. The van der Waals surface area contributed by atoms with Crippen LogP contribution in [-0.2, 0) is 0 Å². The number of nitrogens with zero attached hydrogens (tertiary/aromatic N) is 2. The van der Waals surface area contributed by atoms with Gasteiger partial charge in [-0.2, -0.15) is 0 Å². The van der Waals surface area contributed by atoms with Gasteiger partial charge < -0.3 is 5.32 Å². The van der Waals surface area contributed by atoms with Gasteiger partial charge in [0, 0.05) is 6.54 Å². The van der Waals surface area contributed by atoms with Crippen LogP contribution in [0.25, 0.3) is 0 Å². The van der Waals surface area contributed by atoms with Crippen LogP contribution >= 0.6 is 11.6 Å². The molecule has 15 heavy (non-hydrogen) atoms. The van der Waals surface area contributed by atoms with Crippen LogP contribution in [0.4, 0.5) is 0 Å². The van der Waals surface area contributed by atoms with Gasteiger partial charge >= 0.3 is 0 Å². The molecule has 0 unspecified atom stereocenters. The molecule has 4 nitrogen and oxygen atoms in total. The van der Waals surface area contributed by atoms with Gasteiger partial charge in [-0.3, -0.25) is 9.78 Å². The molecule has 1 amide bonds. The van der Waals surface area contributed by atoms with E-state index in [1.165, 1.54) is 25.2 Å². The number of halogens is 1. The van der Waals surface area contributed by atoms with Crippen molar-refractivity contribution in [3.8, 4) is 0 Å². The van der Waals surface area contributed by atoms with Gasteiger partial charge in [0.1, 0.15) is 10.8 Å². The van der Waals surface area contributed by atoms with Gasteiger partial charge in [-0.05, 0) is 18.3 Å². The molecule has 80 valence electrons. The van der Waals surface area contributed by atoms with Gasteiger partial charge in [0.2, 0.25) is 0 Å². The predicted octanol–water partition coefficient (Wildman–Crippen LogP) is 1.66. The largest absolute Gasteiger partial charge is 0.350 e. The number of aromatic nitrogens is 2. The molecule has 0 saturated heterocycles. The van der Waals surface area contributed by atoms with Crippen molar-refractivity contribution in [2.24, 2.45) is 5.41 Å². The highest BCUT2D eigenvalue weighted by atomic mass is 35.5. The van der Waals surface area contributed by atoms with Gasteiger partial charge in [-0.15, -0.1) is 0 Å². The summed E-state index contributed by atoms with van der Waals surface area (Å²) >= 11 is 5.64. The lowest BCUT2D eigenvalue weighted by Crippen LogP contribution is -2.29. The first kappa shape index (κ1) is 10.4. The van der Waals surface area contributed by atoms with Crippen molar-refractivity contribution in [2.45, 2.75) is 19.8 Å². The molecular formula is C10H12ClN3O. The minimum absolute atomic E-state index is 0.210. The maximum absolute atomic E-state index is 11.6. The first-order valence-corrected chi connectivity index (χ1v) is 5.23. The van der Waals surface area contributed by atoms with Crippen molar-refractivity contribution in [1.29, 1.82) is 0 Å². The van der Waals surface area contributed by atoms with E-state index in [1.54, 1.807) is 0 Å². The van der Waals surface area contributed by atoms with Crippen molar-refractivity contribution < 1.29 is 4.79 Å². The van der Waals surface area contributed by atoms with E-state index in [0.717, 1.165) is 0 Å². The smallest absolute Gasteiger partial charge is 0.271 e. The van der Waals surface area contributed by atoms with E-state index in [1.807, 2.05) is 0 Å². The van der Waals surface area contributed by atoms with Crippen LogP contribution in [0.5, 0.6) is 0 Å². The van der Waals surface area contributed by atoms with E-state index < -0.39 is 0 Å². The van der Waals surface area contributed by atoms with Crippen LogP contribution in [0, 0.1) is 5.41 Å². The molecule has 0 aliphatic heterocycles. The number of rotatable bonds is 3. The zero-order valence-corrected chi connectivity index (χ0v) is 9.21. The van der Waals surface area contributed by atoms with Crippen LogP contribution < -0.4 is 5.32 Å². The Morgan fingerprint density at radius 3 is 2.93 bits per heavy atom. The summed E-state index contributed by atoms with van der Waals surface area (Å²) in [6.07, 6.45) is 5.17. The Labute approximate surface area is 93.1 Å². The molecule has 0 radical (unpaired) electrons. The van der Waals surface area contributed by atoms with Crippen LogP contribution in [0.2, 0.25) is 5.15 Å². The number of carbonyl (C=O) groups excluding carboxylic acids is 1. The molecule has 1 aliphatic carbocycles. The van der Waals surface area contributed by atoms with Crippen molar-refractivity contribution in [3.63, 3.8) is 0 Å². The first-order valence-electron chi connectivity index (χ1n) is 4.85. The van der Waals surface area contributed by atoms with Gasteiger partial charge in [0.15, 0.2) is 0 Å². The lowest BCUT2D eigenvalue weighted by Gasteiger charge is -2.09. The second-order valence-corrected chi connectivity index (χ2v) is 4.61. The molecule has 1 N–H and O–H groups in total. The summed E-state index contributed by atoms with van der Waals surface area (Å²) < 4.78 is 0. The summed E-state index contributed by atoms with van der Waals surface area (Å²) in [4.78, 5) is 19.3. The van der Waals surface area contributed by atoms with Crippen molar-refractivity contribution >= 4 is 17.5 Å². The molecule has 2 rings (SSSR count). The lowest BCUT2D eigenvalue weighted by molar-refractivity contribution is 0.0940. The molecule has 0 aromatic carbocycles. The number of hydrogen-bond donors (Lipinski definition) is 1. The van der Waals surface area contributed by atoms with Crippen molar-refractivity contribution in [2.75, 3.05) is 6.54 Å². The van der Waals surface area contributed by atoms with E-state index in [2.05, 4.69) is 22.2 Å².